The lowest BCUT2D eigenvalue weighted by atomic mass is 10.2. The molecule has 0 aliphatic carbocycles. The summed E-state index contributed by atoms with van der Waals surface area (Å²) in [6, 6.07) is 10.5. The van der Waals surface area contributed by atoms with Gasteiger partial charge in [-0.1, -0.05) is 15.9 Å². The molecule has 3 heteroatoms. The molecule has 0 atom stereocenters. The maximum Gasteiger partial charge on any atom is 0.0418 e. The zero-order valence-corrected chi connectivity index (χ0v) is 12.0. The first kappa shape index (κ1) is 12.2. The van der Waals surface area contributed by atoms with Crippen LogP contribution in [-0.2, 0) is 13.6 Å². The zero-order valence-electron chi connectivity index (χ0n) is 10.4. The van der Waals surface area contributed by atoms with Gasteiger partial charge in [-0.15, -0.1) is 0 Å². The third-order valence-corrected chi connectivity index (χ3v) is 3.74. The molecular formula is C14H17BrN2. The highest BCUT2D eigenvalue weighted by Gasteiger charge is 2.05. The summed E-state index contributed by atoms with van der Waals surface area (Å²) in [5.74, 6) is 0. The van der Waals surface area contributed by atoms with Crippen molar-refractivity contribution in [3.63, 3.8) is 0 Å². The largest absolute Gasteiger partial charge is 0.381 e. The number of hydrogen-bond donors (Lipinski definition) is 1. The lowest BCUT2D eigenvalue weighted by Crippen LogP contribution is -2.01. The Morgan fingerprint density at radius 3 is 2.35 bits per heavy atom. The van der Waals surface area contributed by atoms with Crippen molar-refractivity contribution < 1.29 is 0 Å². The Morgan fingerprint density at radius 2 is 1.82 bits per heavy atom. The summed E-state index contributed by atoms with van der Waals surface area (Å²) in [6.07, 6.45) is 0. The highest BCUT2D eigenvalue weighted by atomic mass is 79.9. The van der Waals surface area contributed by atoms with Gasteiger partial charge in [-0.3, -0.25) is 0 Å². The van der Waals surface area contributed by atoms with Gasteiger partial charge in [-0.25, -0.2) is 0 Å². The van der Waals surface area contributed by atoms with Crippen molar-refractivity contribution in [1.82, 2.24) is 4.57 Å². The molecule has 0 fully saturated rings. The summed E-state index contributed by atoms with van der Waals surface area (Å²) in [5.41, 5.74) is 5.13. The van der Waals surface area contributed by atoms with Crippen LogP contribution in [0.1, 0.15) is 17.0 Å². The SMILES string of the molecule is Cc1cc(CNc2ccc(Br)cc2)c(C)n1C. The monoisotopic (exact) mass is 292 g/mol. The van der Waals surface area contributed by atoms with E-state index in [2.05, 4.69) is 64.9 Å². The van der Waals surface area contributed by atoms with Crippen LogP contribution in [0.3, 0.4) is 0 Å². The second-order valence-electron chi connectivity index (χ2n) is 4.32. The molecule has 0 spiro atoms. The van der Waals surface area contributed by atoms with Gasteiger partial charge in [0.1, 0.15) is 0 Å². The maximum absolute atomic E-state index is 3.44. The van der Waals surface area contributed by atoms with E-state index in [4.69, 9.17) is 0 Å². The predicted molar refractivity (Wildman–Crippen MR) is 76.4 cm³/mol. The fourth-order valence-corrected chi connectivity index (χ4v) is 2.14. The van der Waals surface area contributed by atoms with Crippen LogP contribution < -0.4 is 5.32 Å². The van der Waals surface area contributed by atoms with Gasteiger partial charge in [-0.05, 0) is 49.7 Å². The first-order chi connectivity index (χ1) is 8.08. The molecule has 1 aromatic carbocycles. The fraction of sp³-hybridized carbons (Fsp3) is 0.286. The van der Waals surface area contributed by atoms with Gasteiger partial charge < -0.3 is 9.88 Å². The molecule has 0 amide bonds. The molecule has 0 aliphatic heterocycles. The lowest BCUT2D eigenvalue weighted by Gasteiger charge is -2.07. The molecule has 2 aromatic rings. The number of nitrogens with one attached hydrogen (secondary N) is 1. The van der Waals surface area contributed by atoms with Crippen LogP contribution in [0.2, 0.25) is 0 Å². The summed E-state index contributed by atoms with van der Waals surface area (Å²) >= 11 is 3.43. The van der Waals surface area contributed by atoms with E-state index in [0.29, 0.717) is 0 Å². The third-order valence-electron chi connectivity index (χ3n) is 3.21. The minimum Gasteiger partial charge on any atom is -0.381 e. The quantitative estimate of drug-likeness (QED) is 0.904. The minimum atomic E-state index is 0.870. The summed E-state index contributed by atoms with van der Waals surface area (Å²) < 4.78 is 3.33. The molecule has 1 N–H and O–H groups in total. The van der Waals surface area contributed by atoms with Crippen molar-refractivity contribution >= 4 is 21.6 Å². The number of anilines is 1. The van der Waals surface area contributed by atoms with Gasteiger partial charge in [0.15, 0.2) is 0 Å². The normalized spacial score (nSPS) is 10.6. The van der Waals surface area contributed by atoms with Crippen LogP contribution in [0, 0.1) is 13.8 Å². The van der Waals surface area contributed by atoms with Crippen LogP contribution in [0.15, 0.2) is 34.8 Å². The standard InChI is InChI=1S/C14H17BrN2/c1-10-8-12(11(2)17(10)3)9-16-14-6-4-13(15)5-7-14/h4-8,16H,9H2,1-3H3. The molecule has 0 radical (unpaired) electrons. The average Bonchev–Trinajstić information content (AvgIpc) is 2.56. The van der Waals surface area contributed by atoms with E-state index in [0.717, 1.165) is 16.7 Å². The molecule has 0 unspecified atom stereocenters. The Bertz CT molecular complexity index is 512. The Hall–Kier alpha value is -1.22. The number of benzene rings is 1. The molecular weight excluding hydrogens is 276 g/mol. The molecule has 0 aliphatic rings. The van der Waals surface area contributed by atoms with Gasteiger partial charge in [0.2, 0.25) is 0 Å². The summed E-state index contributed by atoms with van der Waals surface area (Å²) in [6.45, 7) is 5.16. The molecule has 90 valence electrons. The predicted octanol–water partition coefficient (Wildman–Crippen LogP) is 4.02. The van der Waals surface area contributed by atoms with Gasteiger partial charge in [0.25, 0.3) is 0 Å². The average molecular weight is 293 g/mol. The van der Waals surface area contributed by atoms with Crippen LogP contribution in [0.5, 0.6) is 0 Å². The molecule has 1 aromatic heterocycles. The minimum absolute atomic E-state index is 0.870. The zero-order chi connectivity index (χ0) is 12.4. The van der Waals surface area contributed by atoms with Crippen molar-refractivity contribution in [3.05, 3.63) is 51.8 Å². The number of rotatable bonds is 3. The van der Waals surface area contributed by atoms with Crippen LogP contribution >= 0.6 is 15.9 Å². The van der Waals surface area contributed by atoms with E-state index in [1.165, 1.54) is 17.0 Å². The van der Waals surface area contributed by atoms with Crippen molar-refractivity contribution in [2.45, 2.75) is 20.4 Å². The summed E-state index contributed by atoms with van der Waals surface area (Å²) in [7, 11) is 2.10. The van der Waals surface area contributed by atoms with Gasteiger partial charge in [-0.2, -0.15) is 0 Å². The number of aryl methyl sites for hydroxylation is 1. The second-order valence-corrected chi connectivity index (χ2v) is 5.23. The topological polar surface area (TPSA) is 17.0 Å². The van der Waals surface area contributed by atoms with Crippen molar-refractivity contribution in [2.24, 2.45) is 7.05 Å². The van der Waals surface area contributed by atoms with Gasteiger partial charge in [0.05, 0.1) is 0 Å². The summed E-state index contributed by atoms with van der Waals surface area (Å²) in [4.78, 5) is 0. The van der Waals surface area contributed by atoms with E-state index >= 15 is 0 Å². The molecule has 2 rings (SSSR count). The first-order valence-electron chi connectivity index (χ1n) is 5.69. The van der Waals surface area contributed by atoms with Crippen molar-refractivity contribution in [2.75, 3.05) is 5.32 Å². The van der Waals surface area contributed by atoms with Crippen LogP contribution in [0.4, 0.5) is 5.69 Å². The molecule has 1 heterocycles. The van der Waals surface area contributed by atoms with Crippen molar-refractivity contribution in [3.8, 4) is 0 Å². The smallest absolute Gasteiger partial charge is 0.0418 e. The van der Waals surface area contributed by atoms with E-state index in [1.54, 1.807) is 0 Å². The first-order valence-corrected chi connectivity index (χ1v) is 6.48. The fourth-order valence-electron chi connectivity index (χ4n) is 1.88. The lowest BCUT2D eigenvalue weighted by molar-refractivity contribution is 0.837. The Kier molecular flexibility index (Phi) is 3.57. The van der Waals surface area contributed by atoms with Gasteiger partial charge >= 0.3 is 0 Å². The highest BCUT2D eigenvalue weighted by Crippen LogP contribution is 2.17. The van der Waals surface area contributed by atoms with E-state index in [-0.39, 0.29) is 0 Å². The molecule has 0 bridgehead atoms. The molecule has 17 heavy (non-hydrogen) atoms. The number of halogens is 1. The number of aromatic nitrogens is 1. The van der Waals surface area contributed by atoms with E-state index in [9.17, 15) is 0 Å². The van der Waals surface area contributed by atoms with Crippen LogP contribution in [0.25, 0.3) is 0 Å². The Labute approximate surface area is 111 Å². The summed E-state index contributed by atoms with van der Waals surface area (Å²) in [5, 5.41) is 3.44. The Balaban J connectivity index is 2.07. The highest BCUT2D eigenvalue weighted by molar-refractivity contribution is 9.10. The maximum atomic E-state index is 3.44. The second kappa shape index (κ2) is 4.96. The van der Waals surface area contributed by atoms with E-state index in [1.807, 2.05) is 12.1 Å². The van der Waals surface area contributed by atoms with E-state index < -0.39 is 0 Å². The number of nitrogens with zero attached hydrogens (tertiary/aromatic N) is 1. The van der Waals surface area contributed by atoms with Crippen LogP contribution in [-0.4, -0.2) is 4.57 Å². The molecule has 0 saturated carbocycles. The molecule has 0 saturated heterocycles. The van der Waals surface area contributed by atoms with Gasteiger partial charge in [0, 0.05) is 35.1 Å². The van der Waals surface area contributed by atoms with Crippen molar-refractivity contribution in [1.29, 1.82) is 0 Å². The molecule has 2 nitrogen and oxygen atoms in total. The Morgan fingerprint density at radius 1 is 1.18 bits per heavy atom. The third kappa shape index (κ3) is 2.72. The number of hydrogen-bond acceptors (Lipinski definition) is 1.